The van der Waals surface area contributed by atoms with Gasteiger partial charge in [0.15, 0.2) is 0 Å². The molecular formula is C38H41NS2. The number of aryl methyl sites for hydroxylation is 1. The van der Waals surface area contributed by atoms with E-state index in [-0.39, 0.29) is 0 Å². The van der Waals surface area contributed by atoms with Crippen molar-refractivity contribution in [2.24, 2.45) is 0 Å². The van der Waals surface area contributed by atoms with Crippen molar-refractivity contribution in [2.75, 3.05) is 0 Å². The van der Waals surface area contributed by atoms with E-state index in [1.165, 1.54) is 123 Å². The Balaban J connectivity index is 1.18. The van der Waals surface area contributed by atoms with Gasteiger partial charge in [-0.3, -0.25) is 0 Å². The van der Waals surface area contributed by atoms with Crippen LogP contribution in [-0.4, -0.2) is 4.57 Å². The third kappa shape index (κ3) is 6.68. The van der Waals surface area contributed by atoms with Crippen LogP contribution in [-0.2, 0) is 6.42 Å². The minimum absolute atomic E-state index is 1.18. The molecule has 0 aliphatic rings. The van der Waals surface area contributed by atoms with Gasteiger partial charge in [-0.15, -0.1) is 22.7 Å². The Morgan fingerprint density at radius 3 is 1.76 bits per heavy atom. The van der Waals surface area contributed by atoms with Crippen molar-refractivity contribution in [1.29, 1.82) is 0 Å². The second-order valence-corrected chi connectivity index (χ2v) is 13.5. The zero-order valence-corrected chi connectivity index (χ0v) is 25.9. The second kappa shape index (κ2) is 13.7. The van der Waals surface area contributed by atoms with Crippen molar-refractivity contribution >= 4 is 42.8 Å². The molecule has 0 amide bonds. The van der Waals surface area contributed by atoms with Gasteiger partial charge >= 0.3 is 0 Å². The predicted octanol–water partition coefficient (Wildman–Crippen LogP) is 12.7. The summed E-state index contributed by atoms with van der Waals surface area (Å²) >= 11 is 3.78. The summed E-state index contributed by atoms with van der Waals surface area (Å²) in [5, 5.41) is 2.63. The SMILES string of the molecule is CCCCCCCCCCCCc1ccc(-n2ccc(-c3cc4ccccc4s3)c2-c2cc3ccccc3s2)cc1. The number of thiophene rings is 2. The first kappa shape index (κ1) is 28.0. The molecule has 41 heavy (non-hydrogen) atoms. The first-order valence-corrected chi connectivity index (χ1v) is 17.2. The molecule has 0 saturated carbocycles. The molecule has 0 spiro atoms. The summed E-state index contributed by atoms with van der Waals surface area (Å²) in [7, 11) is 0. The van der Waals surface area contributed by atoms with E-state index in [2.05, 4.69) is 109 Å². The molecule has 3 aromatic carbocycles. The molecule has 210 valence electrons. The molecular weight excluding hydrogens is 535 g/mol. The fourth-order valence-corrected chi connectivity index (χ4v) is 8.16. The first-order valence-electron chi connectivity index (χ1n) is 15.6. The van der Waals surface area contributed by atoms with Crippen LogP contribution in [0.1, 0.15) is 76.7 Å². The highest BCUT2D eigenvalue weighted by atomic mass is 32.1. The summed E-state index contributed by atoms with van der Waals surface area (Å²) in [6.45, 7) is 2.29. The molecule has 3 heterocycles. The summed E-state index contributed by atoms with van der Waals surface area (Å²) in [5.41, 5.74) is 5.29. The van der Waals surface area contributed by atoms with Crippen LogP contribution in [0, 0.1) is 0 Å². The van der Waals surface area contributed by atoms with Gasteiger partial charge in [-0.05, 0) is 71.6 Å². The van der Waals surface area contributed by atoms with E-state index < -0.39 is 0 Å². The Morgan fingerprint density at radius 1 is 0.561 bits per heavy atom. The van der Waals surface area contributed by atoms with Crippen LogP contribution in [0.5, 0.6) is 0 Å². The molecule has 3 heteroatoms. The number of nitrogens with zero attached hydrogens (tertiary/aromatic N) is 1. The van der Waals surface area contributed by atoms with Crippen molar-refractivity contribution in [3.05, 3.63) is 103 Å². The number of benzene rings is 3. The number of aromatic nitrogens is 1. The van der Waals surface area contributed by atoms with Gasteiger partial charge in [0.2, 0.25) is 0 Å². The third-order valence-electron chi connectivity index (χ3n) is 8.27. The number of fused-ring (bicyclic) bond motifs is 2. The van der Waals surface area contributed by atoms with Crippen LogP contribution in [0.3, 0.4) is 0 Å². The van der Waals surface area contributed by atoms with Gasteiger partial charge in [-0.2, -0.15) is 0 Å². The fourth-order valence-electron chi connectivity index (χ4n) is 5.95. The highest BCUT2D eigenvalue weighted by molar-refractivity contribution is 7.23. The van der Waals surface area contributed by atoms with Gasteiger partial charge in [0.25, 0.3) is 0 Å². The van der Waals surface area contributed by atoms with E-state index in [1.54, 1.807) is 0 Å². The summed E-state index contributed by atoms with van der Waals surface area (Å²) in [6, 6.07) is 33.8. The quantitative estimate of drug-likeness (QED) is 0.114. The highest BCUT2D eigenvalue weighted by Gasteiger charge is 2.18. The van der Waals surface area contributed by atoms with Crippen molar-refractivity contribution in [2.45, 2.75) is 77.6 Å². The molecule has 0 aliphatic heterocycles. The van der Waals surface area contributed by atoms with Gasteiger partial charge < -0.3 is 4.57 Å². The van der Waals surface area contributed by atoms with Crippen LogP contribution < -0.4 is 0 Å². The second-order valence-electron chi connectivity index (χ2n) is 11.3. The van der Waals surface area contributed by atoms with Crippen LogP contribution in [0.4, 0.5) is 0 Å². The van der Waals surface area contributed by atoms with Gasteiger partial charge in [0.1, 0.15) is 0 Å². The maximum atomic E-state index is 2.40. The molecule has 6 rings (SSSR count). The predicted molar refractivity (Wildman–Crippen MR) is 183 cm³/mol. The Hall–Kier alpha value is -3.14. The minimum atomic E-state index is 1.18. The standard InChI is InChI=1S/C38H41NS2/c1-2-3-4-5-6-7-8-9-10-11-16-29-21-23-32(24-22-29)39-26-25-33(36-27-30-17-12-14-19-34(30)40-36)38(39)37-28-31-18-13-15-20-35(31)41-37/h12-15,17-28H,2-11,16H2,1H3. The smallest absolute Gasteiger partial charge is 0.0715 e. The largest absolute Gasteiger partial charge is 0.315 e. The lowest BCUT2D eigenvalue weighted by Crippen LogP contribution is -1.96. The lowest BCUT2D eigenvalue weighted by molar-refractivity contribution is 0.556. The third-order valence-corrected chi connectivity index (χ3v) is 10.5. The van der Waals surface area contributed by atoms with Gasteiger partial charge in [-0.25, -0.2) is 0 Å². The lowest BCUT2D eigenvalue weighted by atomic mass is 10.0. The molecule has 0 unspecified atom stereocenters. The Bertz CT molecular complexity index is 1610. The van der Waals surface area contributed by atoms with E-state index in [4.69, 9.17) is 0 Å². The van der Waals surface area contributed by atoms with Crippen LogP contribution in [0.25, 0.3) is 46.9 Å². The first-order chi connectivity index (χ1) is 20.3. The minimum Gasteiger partial charge on any atom is -0.315 e. The van der Waals surface area contributed by atoms with Crippen molar-refractivity contribution < 1.29 is 0 Å². The zero-order valence-electron chi connectivity index (χ0n) is 24.3. The lowest BCUT2D eigenvalue weighted by Gasteiger charge is -2.11. The van der Waals surface area contributed by atoms with Gasteiger partial charge in [0.05, 0.1) is 10.6 Å². The van der Waals surface area contributed by atoms with Crippen molar-refractivity contribution in [3.63, 3.8) is 0 Å². The average Bonchev–Trinajstić information content (AvgIpc) is 3.74. The zero-order chi connectivity index (χ0) is 27.9. The summed E-state index contributed by atoms with van der Waals surface area (Å²) in [4.78, 5) is 2.65. The Kier molecular flexibility index (Phi) is 9.34. The van der Waals surface area contributed by atoms with Gasteiger partial charge in [0, 0.05) is 31.7 Å². The van der Waals surface area contributed by atoms with Crippen molar-refractivity contribution in [3.8, 4) is 26.7 Å². The van der Waals surface area contributed by atoms with E-state index in [1.807, 2.05) is 22.7 Å². The molecule has 0 saturated heterocycles. The normalized spacial score (nSPS) is 11.6. The molecule has 3 aromatic heterocycles. The molecule has 0 aliphatic carbocycles. The molecule has 1 nitrogen and oxygen atoms in total. The van der Waals surface area contributed by atoms with Crippen LogP contribution >= 0.6 is 22.7 Å². The highest BCUT2D eigenvalue weighted by Crippen LogP contribution is 2.44. The van der Waals surface area contributed by atoms with Crippen LogP contribution in [0.2, 0.25) is 0 Å². The molecule has 0 atom stereocenters. The molecule has 6 aromatic rings. The van der Waals surface area contributed by atoms with Gasteiger partial charge in [-0.1, -0.05) is 113 Å². The van der Waals surface area contributed by atoms with E-state index in [9.17, 15) is 0 Å². The number of unbranched alkanes of at least 4 members (excludes halogenated alkanes) is 9. The molecule has 0 bridgehead atoms. The number of rotatable bonds is 14. The Labute approximate surface area is 253 Å². The summed E-state index contributed by atoms with van der Waals surface area (Å²) < 4.78 is 5.08. The van der Waals surface area contributed by atoms with Crippen molar-refractivity contribution in [1.82, 2.24) is 4.57 Å². The van der Waals surface area contributed by atoms with Crippen LogP contribution in [0.15, 0.2) is 97.2 Å². The van der Waals surface area contributed by atoms with E-state index >= 15 is 0 Å². The average molecular weight is 576 g/mol. The maximum Gasteiger partial charge on any atom is 0.0715 e. The molecule has 0 radical (unpaired) electrons. The summed E-state index contributed by atoms with van der Waals surface area (Å²) in [6.07, 6.45) is 17.3. The van der Waals surface area contributed by atoms with E-state index in [0.29, 0.717) is 0 Å². The molecule has 0 N–H and O–H groups in total. The number of hydrogen-bond donors (Lipinski definition) is 0. The molecule has 0 fully saturated rings. The number of hydrogen-bond acceptors (Lipinski definition) is 2. The summed E-state index contributed by atoms with van der Waals surface area (Å²) in [5.74, 6) is 0. The maximum absolute atomic E-state index is 2.40. The van der Waals surface area contributed by atoms with E-state index in [0.717, 1.165) is 0 Å². The topological polar surface area (TPSA) is 4.93 Å². The fraction of sp³-hybridized carbons (Fsp3) is 0.316. The Morgan fingerprint density at radius 2 is 1.12 bits per heavy atom. The monoisotopic (exact) mass is 575 g/mol.